The van der Waals surface area contributed by atoms with E-state index in [4.69, 9.17) is 4.74 Å². The highest BCUT2D eigenvalue weighted by molar-refractivity contribution is 4.77. The molecule has 0 aromatic heterocycles. The van der Waals surface area contributed by atoms with Crippen molar-refractivity contribution >= 4 is 0 Å². The third-order valence-electron chi connectivity index (χ3n) is 3.21. The van der Waals surface area contributed by atoms with Crippen molar-refractivity contribution in [3.05, 3.63) is 0 Å². The second-order valence-electron chi connectivity index (χ2n) is 4.68. The molecule has 1 N–H and O–H groups in total. The highest BCUT2D eigenvalue weighted by Crippen LogP contribution is 2.08. The van der Waals surface area contributed by atoms with Crippen molar-refractivity contribution < 1.29 is 4.74 Å². The van der Waals surface area contributed by atoms with Gasteiger partial charge in [0.2, 0.25) is 0 Å². The van der Waals surface area contributed by atoms with Gasteiger partial charge in [-0.05, 0) is 25.9 Å². The molecule has 0 bridgehead atoms. The minimum absolute atomic E-state index is 0.595. The maximum absolute atomic E-state index is 5.57. The Kier molecular flexibility index (Phi) is 7.81. The maximum atomic E-state index is 5.57. The molecule has 16 heavy (non-hydrogen) atoms. The molecule has 1 unspecified atom stereocenters. The van der Waals surface area contributed by atoms with Crippen LogP contribution in [0.3, 0.4) is 0 Å². The zero-order valence-electron chi connectivity index (χ0n) is 11.0. The Morgan fingerprint density at radius 3 is 2.88 bits per heavy atom. The Balaban J connectivity index is 2.20. The van der Waals surface area contributed by atoms with Crippen LogP contribution in [0.4, 0.5) is 0 Å². The van der Waals surface area contributed by atoms with Crippen LogP contribution >= 0.6 is 0 Å². The number of nitrogens with zero attached hydrogens (tertiary/aromatic N) is 1. The van der Waals surface area contributed by atoms with Crippen molar-refractivity contribution in [3.63, 3.8) is 0 Å². The van der Waals surface area contributed by atoms with Crippen LogP contribution < -0.4 is 5.32 Å². The van der Waals surface area contributed by atoms with Gasteiger partial charge in [-0.15, -0.1) is 0 Å². The molecule has 0 radical (unpaired) electrons. The second kappa shape index (κ2) is 8.97. The third kappa shape index (κ3) is 5.28. The summed E-state index contributed by atoms with van der Waals surface area (Å²) in [4.78, 5) is 2.60. The van der Waals surface area contributed by atoms with Crippen LogP contribution in [-0.4, -0.2) is 50.3 Å². The monoisotopic (exact) mass is 228 g/mol. The summed E-state index contributed by atoms with van der Waals surface area (Å²) in [5.41, 5.74) is 0. The van der Waals surface area contributed by atoms with Crippen molar-refractivity contribution in [2.24, 2.45) is 0 Å². The molecule has 0 spiro atoms. The van der Waals surface area contributed by atoms with Gasteiger partial charge in [-0.2, -0.15) is 0 Å². The second-order valence-corrected chi connectivity index (χ2v) is 4.68. The van der Waals surface area contributed by atoms with Crippen LogP contribution in [0.25, 0.3) is 0 Å². The molecule has 1 aliphatic rings. The Morgan fingerprint density at radius 2 is 2.12 bits per heavy atom. The van der Waals surface area contributed by atoms with Gasteiger partial charge in [0.15, 0.2) is 0 Å². The first-order valence-corrected chi connectivity index (χ1v) is 6.91. The van der Waals surface area contributed by atoms with Gasteiger partial charge < -0.3 is 10.1 Å². The van der Waals surface area contributed by atoms with E-state index in [0.29, 0.717) is 6.04 Å². The smallest absolute Gasteiger partial charge is 0.0634 e. The number of morpholine rings is 1. The lowest BCUT2D eigenvalue weighted by Crippen LogP contribution is -2.50. The molecule has 1 aliphatic heterocycles. The molecular weight excluding hydrogens is 200 g/mol. The number of nitrogens with one attached hydrogen (secondary N) is 1. The number of unbranched alkanes of at least 4 members (excludes halogenated alkanes) is 2. The van der Waals surface area contributed by atoms with Gasteiger partial charge in [0, 0.05) is 19.1 Å². The van der Waals surface area contributed by atoms with Gasteiger partial charge in [0.05, 0.1) is 13.2 Å². The van der Waals surface area contributed by atoms with Crippen molar-refractivity contribution in [1.29, 1.82) is 0 Å². The van der Waals surface area contributed by atoms with Gasteiger partial charge in [0.1, 0.15) is 0 Å². The summed E-state index contributed by atoms with van der Waals surface area (Å²) in [6, 6.07) is 0.595. The normalized spacial score (nSPS) is 22.5. The van der Waals surface area contributed by atoms with E-state index in [9.17, 15) is 0 Å². The predicted octanol–water partition coefficient (Wildman–Crippen LogP) is 1.88. The Labute approximate surface area is 101 Å². The molecule has 0 amide bonds. The van der Waals surface area contributed by atoms with Gasteiger partial charge >= 0.3 is 0 Å². The molecule has 3 heteroatoms. The maximum Gasteiger partial charge on any atom is 0.0634 e. The minimum atomic E-state index is 0.595. The van der Waals surface area contributed by atoms with E-state index in [0.717, 1.165) is 32.8 Å². The molecule has 3 nitrogen and oxygen atoms in total. The van der Waals surface area contributed by atoms with Crippen molar-refractivity contribution in [1.82, 2.24) is 10.2 Å². The van der Waals surface area contributed by atoms with Crippen LogP contribution in [-0.2, 0) is 4.74 Å². The number of hydrogen-bond acceptors (Lipinski definition) is 3. The highest BCUT2D eigenvalue weighted by Gasteiger charge is 2.21. The molecule has 0 aromatic rings. The minimum Gasteiger partial charge on any atom is -0.378 e. The van der Waals surface area contributed by atoms with Crippen molar-refractivity contribution in [3.8, 4) is 0 Å². The first kappa shape index (κ1) is 13.9. The van der Waals surface area contributed by atoms with Gasteiger partial charge in [-0.1, -0.05) is 26.7 Å². The summed E-state index contributed by atoms with van der Waals surface area (Å²) >= 11 is 0. The lowest BCUT2D eigenvalue weighted by Gasteiger charge is -2.35. The summed E-state index contributed by atoms with van der Waals surface area (Å²) in [6.07, 6.45) is 5.21. The standard InChI is InChI=1S/C13H28N2O/c1-3-5-6-8-15-9-10-16-12-13(15)11-14-7-4-2/h13-14H,3-12H2,1-2H3. The summed E-state index contributed by atoms with van der Waals surface area (Å²) < 4.78 is 5.57. The Hall–Kier alpha value is -0.120. The van der Waals surface area contributed by atoms with Crippen LogP contribution in [0, 0.1) is 0 Å². The van der Waals surface area contributed by atoms with E-state index < -0.39 is 0 Å². The van der Waals surface area contributed by atoms with Gasteiger partial charge in [0.25, 0.3) is 0 Å². The average Bonchev–Trinajstić information content (AvgIpc) is 2.32. The molecule has 1 saturated heterocycles. The fourth-order valence-corrected chi connectivity index (χ4v) is 2.18. The molecule has 0 saturated carbocycles. The van der Waals surface area contributed by atoms with E-state index in [2.05, 4.69) is 24.1 Å². The van der Waals surface area contributed by atoms with Crippen LogP contribution in [0.15, 0.2) is 0 Å². The SMILES string of the molecule is CCCCCN1CCOCC1CNCCC. The summed E-state index contributed by atoms with van der Waals surface area (Å²) in [7, 11) is 0. The summed E-state index contributed by atoms with van der Waals surface area (Å²) in [6.45, 7) is 10.9. The topological polar surface area (TPSA) is 24.5 Å². The number of hydrogen-bond donors (Lipinski definition) is 1. The highest BCUT2D eigenvalue weighted by atomic mass is 16.5. The van der Waals surface area contributed by atoms with Crippen molar-refractivity contribution in [2.75, 3.05) is 39.4 Å². The van der Waals surface area contributed by atoms with E-state index >= 15 is 0 Å². The molecular formula is C13H28N2O. The first-order chi connectivity index (χ1) is 7.88. The Morgan fingerprint density at radius 1 is 1.25 bits per heavy atom. The third-order valence-corrected chi connectivity index (χ3v) is 3.21. The summed E-state index contributed by atoms with van der Waals surface area (Å²) in [5, 5.41) is 3.50. The average molecular weight is 228 g/mol. The summed E-state index contributed by atoms with van der Waals surface area (Å²) in [5.74, 6) is 0. The fraction of sp³-hybridized carbons (Fsp3) is 1.00. The van der Waals surface area contributed by atoms with Crippen LogP contribution in [0.2, 0.25) is 0 Å². The Bertz CT molecular complexity index is 146. The van der Waals surface area contributed by atoms with Gasteiger partial charge in [-0.25, -0.2) is 0 Å². The van der Waals surface area contributed by atoms with E-state index in [1.807, 2.05) is 0 Å². The molecule has 0 aliphatic carbocycles. The molecule has 96 valence electrons. The molecule has 1 atom stereocenters. The zero-order valence-corrected chi connectivity index (χ0v) is 11.0. The molecule has 1 rings (SSSR count). The van der Waals surface area contributed by atoms with E-state index in [1.54, 1.807) is 0 Å². The molecule has 1 fully saturated rings. The van der Waals surface area contributed by atoms with E-state index in [1.165, 1.54) is 32.2 Å². The number of ether oxygens (including phenoxy) is 1. The van der Waals surface area contributed by atoms with Crippen molar-refractivity contribution in [2.45, 2.75) is 45.6 Å². The predicted molar refractivity (Wildman–Crippen MR) is 68.9 cm³/mol. The van der Waals surface area contributed by atoms with Crippen LogP contribution in [0.5, 0.6) is 0 Å². The first-order valence-electron chi connectivity index (χ1n) is 6.91. The van der Waals surface area contributed by atoms with Crippen LogP contribution in [0.1, 0.15) is 39.5 Å². The zero-order chi connectivity index (χ0) is 11.6. The molecule has 1 heterocycles. The number of rotatable bonds is 8. The van der Waals surface area contributed by atoms with E-state index in [-0.39, 0.29) is 0 Å². The largest absolute Gasteiger partial charge is 0.378 e. The molecule has 0 aromatic carbocycles. The lowest BCUT2D eigenvalue weighted by atomic mass is 10.2. The quantitative estimate of drug-likeness (QED) is 0.642. The van der Waals surface area contributed by atoms with Gasteiger partial charge in [-0.3, -0.25) is 4.90 Å². The fourth-order valence-electron chi connectivity index (χ4n) is 2.18. The lowest BCUT2D eigenvalue weighted by molar-refractivity contribution is -0.00730.